The largest absolute Gasteiger partial charge is 0.493 e. The van der Waals surface area contributed by atoms with E-state index in [9.17, 15) is 22.8 Å². The lowest BCUT2D eigenvalue weighted by Crippen LogP contribution is -2.38. The number of rotatable bonds is 14. The molecule has 274 valence electrons. The summed E-state index contributed by atoms with van der Waals surface area (Å²) in [7, 11) is 0. The molecule has 2 aliphatic rings. The second-order valence-corrected chi connectivity index (χ2v) is 13.4. The standard InChI is InChI=1S/C43H42F3N3O3S/c1-7-12-27(4)21-32-13-10-14-37(49-41(51)40(32)28(5)8-2)34-23-31(16-18-39(34)52-9-3)35(42(29(6)50)19-11-20-42)24-33(53)17-15-30-22-36(43(44,45)46)38(25-47)48-26-30/h8,10,13,15-18,22-24,26H,2,4,7,9,11-12,19-21H2,1,3,5-6H3,(H,49,51)/b17-15+,32-13-,35-24-,40-28+. The molecule has 0 saturated heterocycles. The summed E-state index contributed by atoms with van der Waals surface area (Å²) in [6, 6.07) is 7.76. The first-order chi connectivity index (χ1) is 25.2. The number of alkyl halides is 3. The summed E-state index contributed by atoms with van der Waals surface area (Å²) in [6.45, 7) is 15.7. The average Bonchev–Trinajstić information content (AvgIpc) is 3.08. The Labute approximate surface area is 314 Å². The molecule has 2 heterocycles. The summed E-state index contributed by atoms with van der Waals surface area (Å²) in [5.41, 5.74) is 5.83. The predicted molar refractivity (Wildman–Crippen MR) is 207 cm³/mol. The Bertz CT molecular complexity index is 2080. The summed E-state index contributed by atoms with van der Waals surface area (Å²) in [6.07, 6.45) is 10.5. The van der Waals surface area contributed by atoms with Gasteiger partial charge in [0.15, 0.2) is 5.69 Å². The topological polar surface area (TPSA) is 92.1 Å². The molecule has 1 aromatic carbocycles. The van der Waals surface area contributed by atoms with Crippen molar-refractivity contribution >= 4 is 46.1 Å². The average molecular weight is 738 g/mol. The van der Waals surface area contributed by atoms with Crippen molar-refractivity contribution in [2.45, 2.75) is 72.4 Å². The molecule has 0 spiro atoms. The number of carbonyl (C=O) groups excluding carboxylic acids is 2. The van der Waals surface area contributed by atoms with Gasteiger partial charge in [-0.25, -0.2) is 4.98 Å². The molecule has 1 fully saturated rings. The van der Waals surface area contributed by atoms with Crippen molar-refractivity contribution in [2.75, 3.05) is 6.61 Å². The van der Waals surface area contributed by atoms with E-state index in [0.29, 0.717) is 65.2 Å². The highest BCUT2D eigenvalue weighted by Gasteiger charge is 2.45. The Morgan fingerprint density at radius 2 is 1.96 bits per heavy atom. The Balaban J connectivity index is 1.85. The lowest BCUT2D eigenvalue weighted by Gasteiger charge is -2.42. The number of benzene rings is 1. The van der Waals surface area contributed by atoms with E-state index in [1.54, 1.807) is 24.3 Å². The van der Waals surface area contributed by atoms with Crippen LogP contribution in [-0.4, -0.2) is 28.1 Å². The number of allylic oxidation sites excluding steroid dienone is 8. The minimum atomic E-state index is -4.76. The quantitative estimate of drug-likeness (QED) is 0.0898. The zero-order chi connectivity index (χ0) is 38.9. The van der Waals surface area contributed by atoms with Gasteiger partial charge in [0, 0.05) is 22.2 Å². The summed E-state index contributed by atoms with van der Waals surface area (Å²) < 4.78 is 46.7. The van der Waals surface area contributed by atoms with Crippen LogP contribution in [-0.2, 0) is 15.8 Å². The SMILES string of the molecule is C=C/C(C)=C1C(=O)NC(c2cc(/C(=C/C(=S)/C=C/c3cnc(C#N)c(C(F)(F)F)c3)C3(C(C)=O)CCC3)ccc2OCC)=C=C\C=C/1CC(=C)CCC. The van der Waals surface area contributed by atoms with Gasteiger partial charge in [-0.1, -0.05) is 80.7 Å². The van der Waals surface area contributed by atoms with Crippen molar-refractivity contribution in [3.8, 4) is 11.8 Å². The van der Waals surface area contributed by atoms with Crippen LogP contribution in [0.15, 0.2) is 102 Å². The third kappa shape index (κ3) is 9.36. The monoisotopic (exact) mass is 737 g/mol. The molecule has 4 rings (SSSR count). The number of aromatic nitrogens is 1. The molecule has 1 aromatic heterocycles. The predicted octanol–water partition coefficient (Wildman–Crippen LogP) is 10.4. The highest BCUT2D eigenvalue weighted by molar-refractivity contribution is 7.81. The molecule has 1 aliphatic heterocycles. The van der Waals surface area contributed by atoms with Crippen molar-refractivity contribution in [2.24, 2.45) is 5.41 Å². The van der Waals surface area contributed by atoms with Gasteiger partial charge in [-0.3, -0.25) is 9.59 Å². The number of nitriles is 1. The lowest BCUT2D eigenvalue weighted by molar-refractivity contribution is -0.138. The number of hydrogen-bond donors (Lipinski definition) is 1. The molecule has 1 N–H and O–H groups in total. The van der Waals surface area contributed by atoms with Crippen LogP contribution in [0.2, 0.25) is 0 Å². The van der Waals surface area contributed by atoms with Gasteiger partial charge in [-0.2, -0.15) is 18.4 Å². The molecule has 1 aliphatic carbocycles. The fourth-order valence-electron chi connectivity index (χ4n) is 6.46. The third-order valence-electron chi connectivity index (χ3n) is 9.35. The number of ketones is 1. The molecule has 1 amide bonds. The molecular weight excluding hydrogens is 696 g/mol. The molecule has 0 atom stereocenters. The van der Waals surface area contributed by atoms with Gasteiger partial charge in [0.1, 0.15) is 17.6 Å². The highest BCUT2D eigenvalue weighted by Crippen LogP contribution is 2.52. The fourth-order valence-corrected chi connectivity index (χ4v) is 6.65. The number of hydrogen-bond acceptors (Lipinski definition) is 6. The lowest BCUT2D eigenvalue weighted by atomic mass is 9.60. The first kappa shape index (κ1) is 40.4. The van der Waals surface area contributed by atoms with Gasteiger partial charge in [0.2, 0.25) is 0 Å². The van der Waals surface area contributed by atoms with Gasteiger partial charge < -0.3 is 10.1 Å². The molecule has 53 heavy (non-hydrogen) atoms. The van der Waals surface area contributed by atoms with E-state index in [4.69, 9.17) is 22.2 Å². The maximum absolute atomic E-state index is 14.0. The van der Waals surface area contributed by atoms with Crippen molar-refractivity contribution in [1.29, 1.82) is 5.26 Å². The van der Waals surface area contributed by atoms with Crippen LogP contribution in [0.25, 0.3) is 17.3 Å². The van der Waals surface area contributed by atoms with Gasteiger partial charge in [0.05, 0.1) is 23.3 Å². The Kier molecular flexibility index (Phi) is 13.3. The second kappa shape index (κ2) is 17.4. The van der Waals surface area contributed by atoms with E-state index in [-0.39, 0.29) is 22.1 Å². The number of nitrogens with zero attached hydrogens (tertiary/aromatic N) is 2. The summed E-state index contributed by atoms with van der Waals surface area (Å²) >= 11 is 5.69. The minimum Gasteiger partial charge on any atom is -0.493 e. The first-order valence-corrected chi connectivity index (χ1v) is 17.8. The molecule has 0 bridgehead atoms. The molecule has 0 unspecified atom stereocenters. The van der Waals surface area contributed by atoms with E-state index in [2.05, 4.69) is 36.1 Å². The number of Topliss-reactive ketones (excluding diaryl/α,β-unsaturated/α-hetero) is 1. The molecule has 6 nitrogen and oxygen atoms in total. The van der Waals surface area contributed by atoms with Crippen LogP contribution in [0, 0.1) is 16.7 Å². The van der Waals surface area contributed by atoms with Crippen molar-refractivity contribution in [3.05, 3.63) is 130 Å². The summed E-state index contributed by atoms with van der Waals surface area (Å²) in [5.74, 6) is 0.105. The fraction of sp³-hybridized carbons (Fsp3) is 0.302. The number of pyridine rings is 1. The van der Waals surface area contributed by atoms with Crippen LogP contribution < -0.4 is 10.1 Å². The molecule has 1 saturated carbocycles. The third-order valence-corrected chi connectivity index (χ3v) is 9.60. The number of ether oxygens (including phenoxy) is 1. The molecular formula is C43H42F3N3O3S. The van der Waals surface area contributed by atoms with Gasteiger partial charge in [0.25, 0.3) is 5.91 Å². The van der Waals surface area contributed by atoms with Crippen LogP contribution in [0.1, 0.15) is 94.2 Å². The Morgan fingerprint density at radius 1 is 1.23 bits per heavy atom. The number of halogens is 3. The van der Waals surface area contributed by atoms with Crippen molar-refractivity contribution < 1.29 is 27.5 Å². The minimum absolute atomic E-state index is 0.0429. The van der Waals surface area contributed by atoms with Gasteiger partial charge in [-0.15, -0.1) is 0 Å². The van der Waals surface area contributed by atoms with E-state index >= 15 is 0 Å². The summed E-state index contributed by atoms with van der Waals surface area (Å²) in [5, 5.41) is 12.1. The van der Waals surface area contributed by atoms with E-state index in [1.807, 2.05) is 32.1 Å². The number of nitrogens with one attached hydrogen (secondary N) is 1. The van der Waals surface area contributed by atoms with E-state index in [0.717, 1.165) is 36.5 Å². The van der Waals surface area contributed by atoms with Crippen molar-refractivity contribution in [1.82, 2.24) is 10.3 Å². The highest BCUT2D eigenvalue weighted by atomic mass is 32.1. The molecule has 2 aromatic rings. The summed E-state index contributed by atoms with van der Waals surface area (Å²) in [4.78, 5) is 31.2. The number of carbonyl (C=O) groups is 2. The molecule has 10 heteroatoms. The van der Waals surface area contributed by atoms with E-state index in [1.165, 1.54) is 31.3 Å². The second-order valence-electron chi connectivity index (χ2n) is 13.0. The van der Waals surface area contributed by atoms with Crippen LogP contribution in [0.5, 0.6) is 5.75 Å². The van der Waals surface area contributed by atoms with Crippen LogP contribution in [0.3, 0.4) is 0 Å². The van der Waals surface area contributed by atoms with Crippen molar-refractivity contribution in [3.63, 3.8) is 0 Å². The molecule has 0 radical (unpaired) electrons. The first-order valence-electron chi connectivity index (χ1n) is 17.4. The van der Waals surface area contributed by atoms with Gasteiger partial charge >= 0.3 is 6.18 Å². The number of thiocarbonyl (C=S) groups is 1. The maximum atomic E-state index is 14.0. The Morgan fingerprint density at radius 3 is 2.55 bits per heavy atom. The normalized spacial score (nSPS) is 17.6. The number of amides is 1. The van der Waals surface area contributed by atoms with Crippen LogP contribution in [0.4, 0.5) is 13.2 Å². The van der Waals surface area contributed by atoms with Crippen LogP contribution >= 0.6 is 12.2 Å². The smallest absolute Gasteiger partial charge is 0.419 e. The maximum Gasteiger partial charge on any atom is 0.419 e. The van der Waals surface area contributed by atoms with E-state index < -0.39 is 22.8 Å². The zero-order valence-electron chi connectivity index (χ0n) is 30.4. The Hall–Kier alpha value is -5.36. The van der Waals surface area contributed by atoms with Gasteiger partial charge in [-0.05, 0) is 111 Å². The zero-order valence-corrected chi connectivity index (χ0v) is 31.2.